The van der Waals surface area contributed by atoms with Crippen molar-refractivity contribution in [1.29, 1.82) is 0 Å². The van der Waals surface area contributed by atoms with E-state index in [4.69, 9.17) is 4.74 Å². The molecule has 0 N–H and O–H groups in total. The zero-order valence-electron chi connectivity index (χ0n) is 9.56. The van der Waals surface area contributed by atoms with E-state index in [1.54, 1.807) is 25.2 Å². The van der Waals surface area contributed by atoms with E-state index in [9.17, 15) is 9.59 Å². The van der Waals surface area contributed by atoms with Gasteiger partial charge in [-0.15, -0.1) is 11.3 Å². The molecular formula is C12H16O3S. The molecule has 0 saturated carbocycles. The van der Waals surface area contributed by atoms with Crippen LogP contribution in [0.15, 0.2) is 17.5 Å². The fourth-order valence-corrected chi connectivity index (χ4v) is 2.40. The predicted octanol–water partition coefficient (Wildman–Crippen LogP) is 2.76. The SMILES string of the molecule is CCOC(=O)C[C@@H](CC(C)=O)c1cccs1. The number of hydrogen-bond acceptors (Lipinski definition) is 4. The van der Waals surface area contributed by atoms with Gasteiger partial charge in [0.2, 0.25) is 0 Å². The molecule has 88 valence electrons. The zero-order valence-corrected chi connectivity index (χ0v) is 10.4. The summed E-state index contributed by atoms with van der Waals surface area (Å²) in [5, 5.41) is 1.95. The molecule has 0 spiro atoms. The van der Waals surface area contributed by atoms with Crippen LogP contribution in [-0.4, -0.2) is 18.4 Å². The van der Waals surface area contributed by atoms with Gasteiger partial charge in [0.1, 0.15) is 5.78 Å². The fourth-order valence-electron chi connectivity index (χ4n) is 1.57. The van der Waals surface area contributed by atoms with Crippen LogP contribution in [0.25, 0.3) is 0 Å². The van der Waals surface area contributed by atoms with E-state index in [1.165, 1.54) is 0 Å². The highest BCUT2D eigenvalue weighted by Crippen LogP contribution is 2.28. The van der Waals surface area contributed by atoms with Crippen LogP contribution in [0.4, 0.5) is 0 Å². The highest BCUT2D eigenvalue weighted by molar-refractivity contribution is 7.10. The minimum Gasteiger partial charge on any atom is -0.466 e. The summed E-state index contributed by atoms with van der Waals surface area (Å²) in [5.74, 6) is -0.165. The number of Topliss-reactive ketones (excluding diaryl/α,β-unsaturated/α-hetero) is 1. The van der Waals surface area contributed by atoms with Gasteiger partial charge in [-0.05, 0) is 25.3 Å². The molecule has 0 aromatic carbocycles. The molecule has 0 saturated heterocycles. The first-order valence-electron chi connectivity index (χ1n) is 5.32. The van der Waals surface area contributed by atoms with Crippen LogP contribution in [0, 0.1) is 0 Å². The molecule has 16 heavy (non-hydrogen) atoms. The molecular weight excluding hydrogens is 224 g/mol. The molecule has 0 bridgehead atoms. The highest BCUT2D eigenvalue weighted by Gasteiger charge is 2.19. The van der Waals surface area contributed by atoms with Gasteiger partial charge in [0.15, 0.2) is 0 Å². The normalized spacial score (nSPS) is 12.1. The summed E-state index contributed by atoms with van der Waals surface area (Å²) < 4.78 is 4.91. The van der Waals surface area contributed by atoms with E-state index in [2.05, 4.69) is 0 Å². The third-order valence-electron chi connectivity index (χ3n) is 2.20. The lowest BCUT2D eigenvalue weighted by atomic mass is 9.97. The van der Waals surface area contributed by atoms with Crippen molar-refractivity contribution in [3.63, 3.8) is 0 Å². The maximum atomic E-state index is 11.4. The molecule has 0 fully saturated rings. The molecule has 0 radical (unpaired) electrons. The second kappa shape index (κ2) is 6.43. The summed E-state index contributed by atoms with van der Waals surface area (Å²) in [6, 6.07) is 3.88. The summed E-state index contributed by atoms with van der Waals surface area (Å²) in [4.78, 5) is 23.6. The number of ether oxygens (including phenoxy) is 1. The lowest BCUT2D eigenvalue weighted by Crippen LogP contribution is -2.12. The predicted molar refractivity (Wildman–Crippen MR) is 63.6 cm³/mol. The smallest absolute Gasteiger partial charge is 0.306 e. The Morgan fingerprint density at radius 3 is 2.69 bits per heavy atom. The molecule has 0 aliphatic carbocycles. The van der Waals surface area contributed by atoms with Crippen molar-refractivity contribution < 1.29 is 14.3 Å². The van der Waals surface area contributed by atoms with Gasteiger partial charge in [0, 0.05) is 17.2 Å². The second-order valence-corrected chi connectivity index (χ2v) is 4.61. The number of esters is 1. The monoisotopic (exact) mass is 240 g/mol. The van der Waals surface area contributed by atoms with Gasteiger partial charge in [-0.1, -0.05) is 6.07 Å². The Labute approximate surface area is 99.4 Å². The average Bonchev–Trinajstić information content (AvgIpc) is 2.68. The van der Waals surface area contributed by atoms with Crippen LogP contribution >= 0.6 is 11.3 Å². The third kappa shape index (κ3) is 4.14. The molecule has 1 aromatic rings. The van der Waals surface area contributed by atoms with Crippen LogP contribution in [0.1, 0.15) is 37.5 Å². The van der Waals surface area contributed by atoms with Crippen molar-refractivity contribution in [2.45, 2.75) is 32.6 Å². The van der Waals surface area contributed by atoms with E-state index < -0.39 is 0 Å². The molecule has 1 aromatic heterocycles. The molecule has 1 atom stereocenters. The van der Waals surface area contributed by atoms with E-state index in [0.717, 1.165) is 4.88 Å². The number of rotatable bonds is 6. The quantitative estimate of drug-likeness (QED) is 0.718. The van der Waals surface area contributed by atoms with E-state index >= 15 is 0 Å². The van der Waals surface area contributed by atoms with E-state index in [1.807, 2.05) is 17.5 Å². The van der Waals surface area contributed by atoms with Crippen LogP contribution in [-0.2, 0) is 14.3 Å². The van der Waals surface area contributed by atoms with Crippen molar-refractivity contribution in [3.8, 4) is 0 Å². The first-order chi connectivity index (χ1) is 7.63. The minimum absolute atomic E-state index is 0.0310. The minimum atomic E-state index is -0.234. The maximum Gasteiger partial charge on any atom is 0.306 e. The lowest BCUT2D eigenvalue weighted by Gasteiger charge is -2.12. The Morgan fingerprint density at radius 2 is 2.19 bits per heavy atom. The molecule has 1 heterocycles. The largest absolute Gasteiger partial charge is 0.466 e. The molecule has 3 nitrogen and oxygen atoms in total. The first kappa shape index (κ1) is 12.9. The van der Waals surface area contributed by atoms with Crippen molar-refractivity contribution in [1.82, 2.24) is 0 Å². The average molecular weight is 240 g/mol. The standard InChI is InChI=1S/C12H16O3S/c1-3-15-12(14)8-10(7-9(2)13)11-5-4-6-16-11/h4-6,10H,3,7-8H2,1-2H3/t10-/m1/s1. The van der Waals surface area contributed by atoms with Crippen molar-refractivity contribution in [2.75, 3.05) is 6.61 Å². The summed E-state index contributed by atoms with van der Waals surface area (Å²) in [5.41, 5.74) is 0. The van der Waals surface area contributed by atoms with Gasteiger partial charge >= 0.3 is 5.97 Å². The Morgan fingerprint density at radius 1 is 1.44 bits per heavy atom. The fraction of sp³-hybridized carbons (Fsp3) is 0.500. The topological polar surface area (TPSA) is 43.4 Å². The number of carbonyl (C=O) groups excluding carboxylic acids is 2. The second-order valence-electron chi connectivity index (χ2n) is 3.63. The Kier molecular flexibility index (Phi) is 5.19. The number of thiophene rings is 1. The molecule has 0 unspecified atom stereocenters. The molecule has 1 rings (SSSR count). The van der Waals surface area contributed by atoms with E-state index in [0.29, 0.717) is 13.0 Å². The van der Waals surface area contributed by atoms with Gasteiger partial charge in [-0.2, -0.15) is 0 Å². The highest BCUT2D eigenvalue weighted by atomic mass is 32.1. The Balaban J connectivity index is 2.65. The summed E-state index contributed by atoms with van der Waals surface area (Å²) >= 11 is 1.57. The number of carbonyl (C=O) groups is 2. The van der Waals surface area contributed by atoms with Crippen molar-refractivity contribution in [2.24, 2.45) is 0 Å². The lowest BCUT2D eigenvalue weighted by molar-refractivity contribution is -0.143. The maximum absolute atomic E-state index is 11.4. The van der Waals surface area contributed by atoms with Gasteiger partial charge in [0.25, 0.3) is 0 Å². The van der Waals surface area contributed by atoms with Crippen molar-refractivity contribution in [3.05, 3.63) is 22.4 Å². The van der Waals surface area contributed by atoms with E-state index in [-0.39, 0.29) is 24.1 Å². The summed E-state index contributed by atoms with van der Waals surface area (Å²) in [6.07, 6.45) is 0.688. The van der Waals surface area contributed by atoms with Crippen LogP contribution in [0.2, 0.25) is 0 Å². The number of hydrogen-bond donors (Lipinski definition) is 0. The first-order valence-corrected chi connectivity index (χ1v) is 6.20. The third-order valence-corrected chi connectivity index (χ3v) is 3.23. The zero-order chi connectivity index (χ0) is 12.0. The van der Waals surface area contributed by atoms with Crippen LogP contribution in [0.5, 0.6) is 0 Å². The molecule has 0 aliphatic rings. The number of ketones is 1. The van der Waals surface area contributed by atoms with Gasteiger partial charge in [-0.3, -0.25) is 4.79 Å². The summed E-state index contributed by atoms with van der Waals surface area (Å²) in [7, 11) is 0. The van der Waals surface area contributed by atoms with Crippen LogP contribution in [0.3, 0.4) is 0 Å². The van der Waals surface area contributed by atoms with Gasteiger partial charge < -0.3 is 9.53 Å². The van der Waals surface area contributed by atoms with Gasteiger partial charge in [-0.25, -0.2) is 0 Å². The van der Waals surface area contributed by atoms with Gasteiger partial charge in [0.05, 0.1) is 13.0 Å². The molecule has 4 heteroatoms. The molecule has 0 amide bonds. The summed E-state index contributed by atoms with van der Waals surface area (Å²) in [6.45, 7) is 3.71. The Bertz CT molecular complexity index is 343. The molecule has 0 aliphatic heterocycles. The van der Waals surface area contributed by atoms with Crippen LogP contribution < -0.4 is 0 Å². The van der Waals surface area contributed by atoms with Crippen molar-refractivity contribution >= 4 is 23.1 Å². The Hall–Kier alpha value is -1.16.